The molecule has 0 bridgehead atoms. The van der Waals surface area contributed by atoms with E-state index in [9.17, 15) is 9.18 Å². The van der Waals surface area contributed by atoms with Crippen molar-refractivity contribution in [2.75, 3.05) is 39.3 Å². The summed E-state index contributed by atoms with van der Waals surface area (Å²) in [6, 6.07) is 4.12. The average Bonchev–Trinajstić information content (AvgIpc) is 2.47. The molecule has 0 radical (unpaired) electrons. The number of halogens is 2. The number of nitrogens with zero attached hydrogens (tertiary/aromatic N) is 1. The topological polar surface area (TPSA) is 44.4 Å². The molecule has 1 aliphatic rings. The van der Waals surface area contributed by atoms with E-state index in [-0.39, 0.29) is 5.91 Å². The molecule has 1 amide bonds. The van der Waals surface area contributed by atoms with E-state index in [0.717, 1.165) is 39.1 Å². The Morgan fingerprint density at radius 3 is 2.90 bits per heavy atom. The lowest BCUT2D eigenvalue weighted by Gasteiger charge is -2.27. The predicted octanol–water partition coefficient (Wildman–Crippen LogP) is 1.61. The van der Waals surface area contributed by atoms with Gasteiger partial charge in [0.15, 0.2) is 0 Å². The number of benzene rings is 1. The molecule has 1 heterocycles. The minimum absolute atomic E-state index is 0.239. The fraction of sp³-hybridized carbons (Fsp3) is 0.500. The van der Waals surface area contributed by atoms with Crippen LogP contribution in [0.2, 0.25) is 0 Å². The minimum Gasteiger partial charge on any atom is -0.352 e. The Morgan fingerprint density at radius 2 is 2.15 bits per heavy atom. The van der Waals surface area contributed by atoms with Crippen LogP contribution in [-0.4, -0.2) is 50.1 Å². The number of rotatable bonds is 5. The second-order valence-corrected chi connectivity index (χ2v) is 5.68. The number of carbonyl (C=O) groups is 1. The van der Waals surface area contributed by atoms with Crippen LogP contribution >= 0.6 is 15.9 Å². The summed E-state index contributed by atoms with van der Waals surface area (Å²) in [7, 11) is 0. The van der Waals surface area contributed by atoms with Crippen molar-refractivity contribution in [3.8, 4) is 0 Å². The van der Waals surface area contributed by atoms with Gasteiger partial charge in [-0.3, -0.25) is 4.79 Å². The number of piperazine rings is 1. The summed E-state index contributed by atoms with van der Waals surface area (Å²) in [6.45, 7) is 5.76. The zero-order chi connectivity index (χ0) is 14.4. The lowest BCUT2D eigenvalue weighted by atomic mass is 10.2. The highest BCUT2D eigenvalue weighted by molar-refractivity contribution is 9.10. The van der Waals surface area contributed by atoms with Crippen molar-refractivity contribution in [2.45, 2.75) is 6.42 Å². The summed E-state index contributed by atoms with van der Waals surface area (Å²) < 4.78 is 13.7. The molecule has 1 aromatic rings. The first kappa shape index (κ1) is 15.4. The first-order chi connectivity index (χ1) is 9.66. The van der Waals surface area contributed by atoms with Crippen LogP contribution in [0.1, 0.15) is 16.8 Å². The molecule has 1 saturated heterocycles. The van der Waals surface area contributed by atoms with Crippen LogP contribution < -0.4 is 10.6 Å². The standard InChI is InChI=1S/C14H19BrFN3O/c15-13-3-2-11(16)10-12(13)14(20)18-4-1-7-19-8-5-17-6-9-19/h2-3,10,17H,1,4-9H2,(H,18,20). The van der Waals surface area contributed by atoms with Gasteiger partial charge in [-0.15, -0.1) is 0 Å². The van der Waals surface area contributed by atoms with Gasteiger partial charge in [0, 0.05) is 37.2 Å². The molecule has 0 atom stereocenters. The summed E-state index contributed by atoms with van der Waals surface area (Å²) in [6.07, 6.45) is 0.901. The molecule has 2 N–H and O–H groups in total. The molecule has 0 unspecified atom stereocenters. The van der Waals surface area contributed by atoms with E-state index in [1.807, 2.05) is 0 Å². The van der Waals surface area contributed by atoms with Crippen LogP contribution in [0.25, 0.3) is 0 Å². The SMILES string of the molecule is O=C(NCCCN1CCNCC1)c1cc(F)ccc1Br. The molecule has 0 saturated carbocycles. The Bertz CT molecular complexity index is 464. The predicted molar refractivity (Wildman–Crippen MR) is 80.4 cm³/mol. The molecule has 2 rings (SSSR count). The lowest BCUT2D eigenvalue weighted by Crippen LogP contribution is -2.44. The van der Waals surface area contributed by atoms with Crippen LogP contribution in [0.3, 0.4) is 0 Å². The van der Waals surface area contributed by atoms with Gasteiger partial charge in [-0.2, -0.15) is 0 Å². The van der Waals surface area contributed by atoms with Crippen molar-refractivity contribution in [1.82, 2.24) is 15.5 Å². The third kappa shape index (κ3) is 4.54. The maximum atomic E-state index is 13.1. The monoisotopic (exact) mass is 343 g/mol. The van der Waals surface area contributed by atoms with E-state index >= 15 is 0 Å². The molecule has 0 aliphatic carbocycles. The molecular weight excluding hydrogens is 325 g/mol. The molecule has 0 spiro atoms. The zero-order valence-electron chi connectivity index (χ0n) is 11.3. The average molecular weight is 344 g/mol. The van der Waals surface area contributed by atoms with Gasteiger partial charge in [0.1, 0.15) is 5.82 Å². The van der Waals surface area contributed by atoms with Crippen molar-refractivity contribution >= 4 is 21.8 Å². The third-order valence-corrected chi connectivity index (χ3v) is 4.01. The maximum Gasteiger partial charge on any atom is 0.252 e. The van der Waals surface area contributed by atoms with Gasteiger partial charge in [0.05, 0.1) is 5.56 Å². The molecule has 6 heteroatoms. The van der Waals surface area contributed by atoms with E-state index in [2.05, 4.69) is 31.5 Å². The second kappa shape index (κ2) is 7.71. The first-order valence-electron chi connectivity index (χ1n) is 6.83. The fourth-order valence-electron chi connectivity index (χ4n) is 2.21. The quantitative estimate of drug-likeness (QED) is 0.798. The smallest absolute Gasteiger partial charge is 0.252 e. The van der Waals surface area contributed by atoms with E-state index in [1.54, 1.807) is 6.07 Å². The van der Waals surface area contributed by atoms with Gasteiger partial charge >= 0.3 is 0 Å². The van der Waals surface area contributed by atoms with Crippen LogP contribution in [0.5, 0.6) is 0 Å². The lowest BCUT2D eigenvalue weighted by molar-refractivity contribution is 0.0950. The second-order valence-electron chi connectivity index (χ2n) is 4.83. The Hall–Kier alpha value is -0.980. The largest absolute Gasteiger partial charge is 0.352 e. The van der Waals surface area contributed by atoms with Gasteiger partial charge in [0.25, 0.3) is 5.91 Å². The minimum atomic E-state index is -0.404. The van der Waals surface area contributed by atoms with E-state index in [1.165, 1.54) is 12.1 Å². The highest BCUT2D eigenvalue weighted by Gasteiger charge is 2.12. The van der Waals surface area contributed by atoms with Crippen molar-refractivity contribution in [3.63, 3.8) is 0 Å². The van der Waals surface area contributed by atoms with E-state index < -0.39 is 5.82 Å². The van der Waals surface area contributed by atoms with Gasteiger partial charge in [-0.25, -0.2) is 4.39 Å². The summed E-state index contributed by atoms with van der Waals surface area (Å²) in [5, 5.41) is 6.13. The van der Waals surface area contributed by atoms with Crippen LogP contribution in [0, 0.1) is 5.82 Å². The number of amides is 1. The number of hydrogen-bond donors (Lipinski definition) is 2. The Kier molecular flexibility index (Phi) is 5.94. The van der Waals surface area contributed by atoms with Crippen LogP contribution in [0.15, 0.2) is 22.7 Å². The molecule has 0 aromatic heterocycles. The number of hydrogen-bond acceptors (Lipinski definition) is 3. The molecule has 110 valence electrons. The molecule has 1 fully saturated rings. The zero-order valence-corrected chi connectivity index (χ0v) is 12.9. The fourth-order valence-corrected chi connectivity index (χ4v) is 2.63. The Morgan fingerprint density at radius 1 is 1.40 bits per heavy atom. The normalized spacial score (nSPS) is 16.1. The van der Waals surface area contributed by atoms with Crippen molar-refractivity contribution in [1.29, 1.82) is 0 Å². The van der Waals surface area contributed by atoms with Crippen molar-refractivity contribution in [2.24, 2.45) is 0 Å². The van der Waals surface area contributed by atoms with E-state index in [0.29, 0.717) is 16.6 Å². The molecular formula is C14H19BrFN3O. The highest BCUT2D eigenvalue weighted by Crippen LogP contribution is 2.17. The van der Waals surface area contributed by atoms with Crippen molar-refractivity contribution < 1.29 is 9.18 Å². The Balaban J connectivity index is 1.73. The Labute approximate surface area is 126 Å². The summed E-state index contributed by atoms with van der Waals surface area (Å²) in [5.74, 6) is -0.643. The van der Waals surface area contributed by atoms with Crippen LogP contribution in [0.4, 0.5) is 4.39 Å². The number of nitrogens with one attached hydrogen (secondary N) is 2. The summed E-state index contributed by atoms with van der Waals surface area (Å²) >= 11 is 3.26. The van der Waals surface area contributed by atoms with Gasteiger partial charge in [-0.1, -0.05) is 0 Å². The van der Waals surface area contributed by atoms with Gasteiger partial charge < -0.3 is 15.5 Å². The molecule has 1 aromatic carbocycles. The summed E-state index contributed by atoms with van der Waals surface area (Å²) in [5.41, 5.74) is 0.340. The number of carbonyl (C=O) groups excluding carboxylic acids is 1. The van der Waals surface area contributed by atoms with Gasteiger partial charge in [0.2, 0.25) is 0 Å². The first-order valence-corrected chi connectivity index (χ1v) is 7.62. The van der Waals surface area contributed by atoms with Crippen molar-refractivity contribution in [3.05, 3.63) is 34.1 Å². The maximum absolute atomic E-state index is 13.1. The van der Waals surface area contributed by atoms with E-state index in [4.69, 9.17) is 0 Å². The van der Waals surface area contributed by atoms with Gasteiger partial charge in [-0.05, 0) is 47.1 Å². The molecule has 20 heavy (non-hydrogen) atoms. The molecule has 4 nitrogen and oxygen atoms in total. The highest BCUT2D eigenvalue weighted by atomic mass is 79.9. The molecule has 1 aliphatic heterocycles. The third-order valence-electron chi connectivity index (χ3n) is 3.32. The summed E-state index contributed by atoms with van der Waals surface area (Å²) in [4.78, 5) is 14.3. The van der Waals surface area contributed by atoms with Crippen LogP contribution in [-0.2, 0) is 0 Å².